The summed E-state index contributed by atoms with van der Waals surface area (Å²) < 4.78 is 67.9. The van der Waals surface area contributed by atoms with Crippen molar-refractivity contribution in [2.45, 2.75) is 164 Å². The minimum absolute atomic E-state index is 0. The van der Waals surface area contributed by atoms with Gasteiger partial charge in [-0.15, -0.1) is 0 Å². The summed E-state index contributed by atoms with van der Waals surface area (Å²) in [6.07, 6.45) is 5.99. The second-order valence-electron chi connectivity index (χ2n) is 23.7. The van der Waals surface area contributed by atoms with Crippen molar-refractivity contribution in [3.8, 4) is 22.3 Å². The van der Waals surface area contributed by atoms with Crippen LogP contribution in [0, 0.1) is 78.7 Å². The number of aliphatic carboxylic acids is 1. The maximum absolute atomic E-state index is 15.9. The molecule has 0 saturated carbocycles. The maximum Gasteiger partial charge on any atom is 1.00 e. The van der Waals surface area contributed by atoms with E-state index < -0.39 is 53.9 Å². The zero-order valence-corrected chi connectivity index (χ0v) is 54.9. The zero-order valence-electron chi connectivity index (χ0n) is 54.9. The van der Waals surface area contributed by atoms with Gasteiger partial charge in [-0.05, 0) is 254 Å². The van der Waals surface area contributed by atoms with Crippen molar-refractivity contribution in [2.24, 2.45) is 0 Å². The molecule has 2 unspecified atom stereocenters. The SMILES string of the molecule is CCCC(C(=O)C[C@@H](CC(=O)O)c1cc(-c2c(C)cc(F)cc2C)cc(C)c1F)n1cc(CCN(C)C)c(C)cc1=O.CCCC(C(=O)C[C@@H](CC(=O)OCC)c1cc(-c2c(C)cc(F)cc2C)cc(C)c1F)n1cc(CCN(C)C)c(C)cc1=O.[Li+].[O-]O. The van der Waals surface area contributed by atoms with Gasteiger partial charge in [0.2, 0.25) is 0 Å². The topological polar surface area (TPSA) is 192 Å². The van der Waals surface area contributed by atoms with Gasteiger partial charge in [0.15, 0.2) is 11.6 Å². The molecule has 0 fully saturated rings. The van der Waals surface area contributed by atoms with Crippen molar-refractivity contribution in [3.05, 3.63) is 184 Å². The number of aromatic nitrogens is 2. The fourth-order valence-electron chi connectivity index (χ4n) is 11.7. The first-order valence-corrected chi connectivity index (χ1v) is 30.0. The van der Waals surface area contributed by atoms with Gasteiger partial charge in [0.1, 0.15) is 23.3 Å². The summed E-state index contributed by atoms with van der Waals surface area (Å²) >= 11 is 0. The van der Waals surface area contributed by atoms with E-state index in [0.29, 0.717) is 76.6 Å². The molecule has 0 amide bonds. The van der Waals surface area contributed by atoms with Crippen LogP contribution in [-0.2, 0) is 36.8 Å². The number of ether oxygens (including phenoxy) is 1. The number of likely N-dealkylation sites (N-methyl/N-ethyl adjacent to an activating group) is 2. The first-order valence-electron chi connectivity index (χ1n) is 30.0. The number of halogens is 4. The molecular weight excluding hydrogens is 1140 g/mol. The fraction of sp³-hybridized carbons (Fsp3) is 0.457. The van der Waals surface area contributed by atoms with Crippen LogP contribution in [0.5, 0.6) is 0 Å². The quantitative estimate of drug-likeness (QED) is 0.0163. The number of pyridine rings is 2. The Morgan fingerprint density at radius 3 is 1.18 bits per heavy atom. The number of ketones is 2. The summed E-state index contributed by atoms with van der Waals surface area (Å²) in [6.45, 7) is 21.4. The van der Waals surface area contributed by atoms with Crippen LogP contribution in [0.4, 0.5) is 17.6 Å². The average molecular weight is 1230 g/mol. The molecule has 89 heavy (non-hydrogen) atoms. The number of benzene rings is 4. The average Bonchev–Trinajstić information content (AvgIpc) is 0.969. The molecule has 0 radical (unpaired) electrons. The molecule has 0 spiro atoms. The van der Waals surface area contributed by atoms with Gasteiger partial charge in [-0.1, -0.05) is 26.7 Å². The summed E-state index contributed by atoms with van der Waals surface area (Å²) in [5.74, 6) is -5.83. The Labute approximate surface area is 534 Å². The second-order valence-corrected chi connectivity index (χ2v) is 23.7. The normalized spacial score (nSPS) is 12.5. The minimum atomic E-state index is -1.16. The zero-order chi connectivity index (χ0) is 66.0. The van der Waals surface area contributed by atoms with Crippen LogP contribution in [0.3, 0.4) is 0 Å². The molecular formula is C70H89F4LiN4O10. The fourth-order valence-corrected chi connectivity index (χ4v) is 11.7. The van der Waals surface area contributed by atoms with E-state index in [9.17, 15) is 42.7 Å². The van der Waals surface area contributed by atoms with E-state index in [1.165, 1.54) is 39.5 Å². The first kappa shape index (κ1) is 76.5. The van der Waals surface area contributed by atoms with Crippen LogP contribution < -0.4 is 35.2 Å². The maximum atomic E-state index is 15.9. The largest absolute Gasteiger partial charge is 1.00 e. The van der Waals surface area contributed by atoms with E-state index in [2.05, 4.69) is 4.90 Å². The molecule has 478 valence electrons. The number of aryl methyl sites for hydroxylation is 8. The number of carboxylic acid groups (broad SMARTS) is 1. The number of carboxylic acids is 1. The van der Waals surface area contributed by atoms with Crippen LogP contribution in [-0.4, -0.2) is 101 Å². The van der Waals surface area contributed by atoms with Crippen LogP contribution in [0.1, 0.15) is 163 Å². The van der Waals surface area contributed by atoms with E-state index in [1.807, 2.05) is 60.8 Å². The molecule has 0 aliphatic carbocycles. The van der Waals surface area contributed by atoms with Gasteiger partial charge in [0.05, 0.1) is 31.5 Å². The van der Waals surface area contributed by atoms with Gasteiger partial charge in [-0.25, -0.2) is 17.6 Å². The molecule has 0 saturated heterocycles. The summed E-state index contributed by atoms with van der Waals surface area (Å²) in [4.78, 5) is 83.1. The number of Topliss-reactive ketones (excluding diaryl/α,β-unsaturated/α-hetero) is 2. The molecule has 2 N–H and O–H groups in total. The molecule has 2 heterocycles. The Bertz CT molecular complexity index is 3520. The van der Waals surface area contributed by atoms with Crippen molar-refractivity contribution in [2.75, 3.05) is 47.9 Å². The summed E-state index contributed by atoms with van der Waals surface area (Å²) in [5, 5.41) is 22.8. The Hall–Kier alpha value is -6.78. The van der Waals surface area contributed by atoms with E-state index in [-0.39, 0.29) is 90.2 Å². The molecule has 0 aliphatic rings. The predicted molar refractivity (Wildman–Crippen MR) is 336 cm³/mol. The van der Waals surface area contributed by atoms with Crippen LogP contribution in [0.15, 0.2) is 82.6 Å². The van der Waals surface area contributed by atoms with Crippen molar-refractivity contribution >= 4 is 23.5 Å². The van der Waals surface area contributed by atoms with E-state index >= 15 is 8.78 Å². The summed E-state index contributed by atoms with van der Waals surface area (Å²) in [6, 6.07) is 13.8. The molecule has 4 aromatic carbocycles. The van der Waals surface area contributed by atoms with Crippen molar-refractivity contribution < 1.29 is 76.0 Å². The van der Waals surface area contributed by atoms with E-state index in [1.54, 1.807) is 91.2 Å². The van der Waals surface area contributed by atoms with Gasteiger partial charge in [0, 0.05) is 62.3 Å². The smallest absolute Gasteiger partial charge is 0.727 e. The van der Waals surface area contributed by atoms with Gasteiger partial charge in [-0.2, -0.15) is 0 Å². The third-order valence-corrected chi connectivity index (χ3v) is 16.0. The molecule has 0 bridgehead atoms. The van der Waals surface area contributed by atoms with E-state index in [4.69, 9.17) is 15.3 Å². The van der Waals surface area contributed by atoms with Gasteiger partial charge in [0.25, 0.3) is 11.1 Å². The number of esters is 1. The van der Waals surface area contributed by atoms with Crippen LogP contribution in [0.2, 0.25) is 0 Å². The number of rotatable bonds is 27. The third-order valence-electron chi connectivity index (χ3n) is 16.0. The summed E-state index contributed by atoms with van der Waals surface area (Å²) in [5.41, 5.74) is 9.67. The predicted octanol–water partition coefficient (Wildman–Crippen LogP) is 9.68. The first-order chi connectivity index (χ1) is 41.5. The third kappa shape index (κ3) is 20.9. The Balaban J connectivity index is 0.000000448. The number of hydrogen-bond acceptors (Lipinski definition) is 11. The van der Waals surface area contributed by atoms with Crippen molar-refractivity contribution in [3.63, 3.8) is 0 Å². The Morgan fingerprint density at radius 1 is 0.517 bits per heavy atom. The van der Waals surface area contributed by atoms with Crippen molar-refractivity contribution in [1.29, 1.82) is 0 Å². The molecule has 2 aromatic heterocycles. The molecule has 14 nitrogen and oxygen atoms in total. The molecule has 6 rings (SSSR count). The minimum Gasteiger partial charge on any atom is -0.727 e. The second kappa shape index (κ2) is 35.6. The van der Waals surface area contributed by atoms with Crippen molar-refractivity contribution in [1.82, 2.24) is 18.9 Å². The Kier molecular flexibility index (Phi) is 30.6. The summed E-state index contributed by atoms with van der Waals surface area (Å²) in [7, 11) is 7.89. The molecule has 19 heteroatoms. The number of carbonyl (C=O) groups is 4. The van der Waals surface area contributed by atoms with Crippen LogP contribution in [0.25, 0.3) is 22.3 Å². The van der Waals surface area contributed by atoms with Gasteiger partial charge >= 0.3 is 30.8 Å². The van der Waals surface area contributed by atoms with Gasteiger partial charge < -0.3 is 39.3 Å². The number of hydrogen-bond donors (Lipinski definition) is 2. The molecule has 0 aliphatic heterocycles. The standard InChI is InChI=1S/C36H46F2N2O4.C34H42F2N2O4.Li.H2O2/c1-9-11-31(40-21-26(12-13-39(7)8)22(3)17-33(40)42)32(41)19-27(20-34(43)44-10-2)30-18-28(14-25(6)36(30)38)35-23(4)15-29(37)16-24(35)5;1-8-9-29(38-19-24(10-11-37(6)7)20(2)15-31(38)40)30(39)17-25(18-32(41)42)28-16-26(12-23(5)34(28)36)33-21(3)13-27(35)14-22(33)4;;1-2/h14-18,21,27,31H,9-13,19-20H2,1-8H3;12-16,19,25,29H,8-11,17-18H2,1-7H3,(H,41,42);;1-2H/q;;+1;/p-1/t27-,31?;25-,29?;;/m00../s1. The number of nitrogens with zero attached hydrogens (tertiary/aromatic N) is 4. The molecule has 4 atom stereocenters. The molecule has 6 aromatic rings. The van der Waals surface area contributed by atoms with Gasteiger partial charge in [-0.3, -0.25) is 28.8 Å². The van der Waals surface area contributed by atoms with E-state index in [0.717, 1.165) is 52.9 Å². The number of carbonyl (C=O) groups excluding carboxylic acids is 3. The Morgan fingerprint density at radius 2 is 0.865 bits per heavy atom. The van der Waals surface area contributed by atoms with Crippen LogP contribution >= 0.6 is 0 Å². The monoisotopic (exact) mass is 1230 g/mol.